The second kappa shape index (κ2) is 23.3. The zero-order valence-corrected chi connectivity index (χ0v) is 34.0. The van der Waals surface area contributed by atoms with Crippen molar-refractivity contribution in [3.63, 3.8) is 0 Å². The molecule has 1 aromatic heterocycles. The lowest BCUT2D eigenvalue weighted by atomic mass is 9.89. The first kappa shape index (κ1) is 41.6. The predicted molar refractivity (Wildman–Crippen MR) is 209 cm³/mol. The standard InChI is InChI=1S/C42H63BrO9S/c43-38-24-22-33(53-38)21-19-32(50-40-16-6-10-26-46-40)20-23-35-34(14-4-2-1-3-13-31(44)30-49-39-15-5-9-25-45-39)36(51-41-17-7-11-27-47-41)29-37(35)52-42-18-8-12-28-48-42/h2,4,20,22-24,32,34-37,39-42H,1,3,5-19,21,25-30H2/b4-2-,23-20+/t32-,34-,35-,36+,37-,39?,40?,41?,42?/m1/s1. The quantitative estimate of drug-likeness (QED) is 0.0943. The van der Waals surface area contributed by atoms with Crippen molar-refractivity contribution < 1.29 is 42.7 Å². The molecule has 4 aliphatic heterocycles. The minimum atomic E-state index is -0.224. The predicted octanol–water partition coefficient (Wildman–Crippen LogP) is 9.60. The Morgan fingerprint density at radius 1 is 0.811 bits per heavy atom. The van der Waals surface area contributed by atoms with Gasteiger partial charge in [-0.25, -0.2) is 0 Å². The zero-order chi connectivity index (χ0) is 36.5. The van der Waals surface area contributed by atoms with Gasteiger partial charge in [-0.05, 0) is 143 Å². The highest BCUT2D eigenvalue weighted by molar-refractivity contribution is 9.11. The molecular weight excluding hydrogens is 760 g/mol. The lowest BCUT2D eigenvalue weighted by Gasteiger charge is -2.30. The van der Waals surface area contributed by atoms with Gasteiger partial charge in [-0.3, -0.25) is 4.79 Å². The van der Waals surface area contributed by atoms with E-state index in [2.05, 4.69) is 52.4 Å². The van der Waals surface area contributed by atoms with Crippen molar-refractivity contribution in [1.82, 2.24) is 0 Å². The number of hydrogen-bond donors (Lipinski definition) is 0. The first-order chi connectivity index (χ1) is 26.1. The normalized spacial score (nSPS) is 32.1. The van der Waals surface area contributed by atoms with Crippen LogP contribution in [0.25, 0.3) is 0 Å². The van der Waals surface area contributed by atoms with Crippen molar-refractivity contribution in [3.8, 4) is 0 Å². The van der Waals surface area contributed by atoms with Crippen LogP contribution >= 0.6 is 27.3 Å². The molecule has 6 rings (SSSR count). The van der Waals surface area contributed by atoms with Gasteiger partial charge in [-0.2, -0.15) is 0 Å². The average molecular weight is 824 g/mol. The third kappa shape index (κ3) is 14.5. The van der Waals surface area contributed by atoms with Gasteiger partial charge in [0.1, 0.15) is 6.61 Å². The van der Waals surface area contributed by atoms with Gasteiger partial charge < -0.3 is 37.9 Å². The minimum absolute atomic E-state index is 0.00348. The SMILES string of the molecule is O=C(CCC/C=C\C[C@@H]1[C@@H](/C=C/[C@@H](CCc2ccc(Br)s2)OC2CCCCO2)[C@H](OC2CCCCO2)C[C@@H]1OC1CCCCO1)COC1CCCCO1. The number of halogens is 1. The molecule has 4 saturated heterocycles. The maximum absolute atomic E-state index is 12.5. The first-order valence-corrected chi connectivity index (χ1v) is 22.3. The van der Waals surface area contributed by atoms with Crippen LogP contribution in [-0.4, -0.2) is 82.3 Å². The summed E-state index contributed by atoms with van der Waals surface area (Å²) < 4.78 is 51.0. The van der Waals surface area contributed by atoms with Crippen LogP contribution in [0.15, 0.2) is 40.2 Å². The van der Waals surface area contributed by atoms with E-state index in [1.807, 2.05) is 0 Å². The molecule has 1 aromatic rings. The van der Waals surface area contributed by atoms with Crippen molar-refractivity contribution in [2.75, 3.05) is 33.0 Å². The molecule has 11 heteroatoms. The molecule has 0 N–H and O–H groups in total. The monoisotopic (exact) mass is 822 g/mol. The lowest BCUT2D eigenvalue weighted by Crippen LogP contribution is -2.31. The number of ether oxygens (including phenoxy) is 8. The molecule has 0 bridgehead atoms. The minimum Gasteiger partial charge on any atom is -0.353 e. The molecule has 0 amide bonds. The molecule has 4 unspecified atom stereocenters. The summed E-state index contributed by atoms with van der Waals surface area (Å²) in [5, 5.41) is 0. The number of allylic oxidation sites excluding steroid dienone is 2. The highest BCUT2D eigenvalue weighted by Gasteiger charge is 2.45. The maximum atomic E-state index is 12.5. The van der Waals surface area contributed by atoms with Crippen molar-refractivity contribution >= 4 is 33.0 Å². The fraction of sp³-hybridized carbons (Fsp3) is 0.786. The second-order valence-electron chi connectivity index (χ2n) is 15.3. The van der Waals surface area contributed by atoms with E-state index in [4.69, 9.17) is 37.9 Å². The molecule has 5 heterocycles. The molecule has 5 aliphatic rings. The van der Waals surface area contributed by atoms with Crippen LogP contribution in [0, 0.1) is 11.8 Å². The Bertz CT molecular complexity index is 1230. The summed E-state index contributed by atoms with van der Waals surface area (Å²) in [6, 6.07) is 4.32. The number of unbranched alkanes of at least 4 members (excludes halogenated alkanes) is 1. The van der Waals surface area contributed by atoms with Crippen molar-refractivity contribution in [1.29, 1.82) is 0 Å². The molecule has 1 saturated carbocycles. The van der Waals surface area contributed by atoms with Crippen LogP contribution in [0.4, 0.5) is 0 Å². The van der Waals surface area contributed by atoms with Gasteiger partial charge in [-0.15, -0.1) is 11.3 Å². The summed E-state index contributed by atoms with van der Waals surface area (Å²) in [6.07, 6.45) is 26.4. The highest BCUT2D eigenvalue weighted by atomic mass is 79.9. The van der Waals surface area contributed by atoms with Gasteiger partial charge in [0.25, 0.3) is 0 Å². The summed E-state index contributed by atoms with van der Waals surface area (Å²) in [6.45, 7) is 3.12. The van der Waals surface area contributed by atoms with Gasteiger partial charge in [-0.1, -0.05) is 24.3 Å². The van der Waals surface area contributed by atoms with Crippen LogP contribution < -0.4 is 0 Å². The van der Waals surface area contributed by atoms with E-state index < -0.39 is 0 Å². The third-order valence-electron chi connectivity index (χ3n) is 11.1. The Hall–Kier alpha value is -0.990. The smallest absolute Gasteiger partial charge is 0.158 e. The summed E-state index contributed by atoms with van der Waals surface area (Å²) in [7, 11) is 0. The van der Waals surface area contributed by atoms with E-state index in [0.717, 1.165) is 146 Å². The summed E-state index contributed by atoms with van der Waals surface area (Å²) >= 11 is 5.41. The first-order valence-electron chi connectivity index (χ1n) is 20.7. The van der Waals surface area contributed by atoms with Gasteiger partial charge in [0.2, 0.25) is 0 Å². The lowest BCUT2D eigenvalue weighted by molar-refractivity contribution is -0.203. The van der Waals surface area contributed by atoms with Crippen LogP contribution in [0.3, 0.4) is 0 Å². The molecule has 53 heavy (non-hydrogen) atoms. The Balaban J connectivity index is 1.12. The maximum Gasteiger partial charge on any atom is 0.158 e. The van der Waals surface area contributed by atoms with Gasteiger partial charge in [0, 0.05) is 50.1 Å². The largest absolute Gasteiger partial charge is 0.353 e. The van der Waals surface area contributed by atoms with E-state index in [1.165, 1.54) is 4.88 Å². The average Bonchev–Trinajstić information content (AvgIpc) is 3.76. The Kier molecular flexibility index (Phi) is 18.3. The van der Waals surface area contributed by atoms with E-state index >= 15 is 0 Å². The van der Waals surface area contributed by atoms with Crippen molar-refractivity contribution in [3.05, 3.63) is 45.1 Å². The highest BCUT2D eigenvalue weighted by Crippen LogP contribution is 2.42. The summed E-state index contributed by atoms with van der Waals surface area (Å²) in [5.41, 5.74) is 0. The summed E-state index contributed by atoms with van der Waals surface area (Å²) in [4.78, 5) is 13.8. The van der Waals surface area contributed by atoms with Crippen LogP contribution in [0.2, 0.25) is 0 Å². The number of carbonyl (C=O) groups excluding carboxylic acids is 1. The van der Waals surface area contributed by atoms with E-state index in [1.54, 1.807) is 11.3 Å². The molecule has 0 spiro atoms. The molecular formula is C42H63BrO9S. The van der Waals surface area contributed by atoms with Gasteiger partial charge in [0.05, 0.1) is 22.1 Å². The number of thiophene rings is 1. The molecule has 1 aliphatic carbocycles. The van der Waals surface area contributed by atoms with E-state index in [9.17, 15) is 4.79 Å². The van der Waals surface area contributed by atoms with E-state index in [0.29, 0.717) is 6.42 Å². The van der Waals surface area contributed by atoms with Crippen molar-refractivity contribution in [2.24, 2.45) is 11.8 Å². The fourth-order valence-corrected chi connectivity index (χ4v) is 9.62. The van der Waals surface area contributed by atoms with Crippen molar-refractivity contribution in [2.45, 2.75) is 165 Å². The Morgan fingerprint density at radius 3 is 2.08 bits per heavy atom. The number of carbonyl (C=O) groups is 1. The third-order valence-corrected chi connectivity index (χ3v) is 12.8. The van der Waals surface area contributed by atoms with Crippen LogP contribution in [0.5, 0.6) is 0 Å². The number of ketones is 1. The summed E-state index contributed by atoms with van der Waals surface area (Å²) in [5.74, 6) is 0.460. The number of Topliss-reactive ketones (excluding diaryl/α,β-unsaturated/α-hetero) is 1. The molecule has 9 atom stereocenters. The van der Waals surface area contributed by atoms with Gasteiger partial charge in [0.15, 0.2) is 30.9 Å². The zero-order valence-electron chi connectivity index (χ0n) is 31.6. The topological polar surface area (TPSA) is 90.9 Å². The number of hydrogen-bond acceptors (Lipinski definition) is 10. The van der Waals surface area contributed by atoms with E-state index in [-0.39, 0.29) is 67.7 Å². The van der Waals surface area contributed by atoms with Gasteiger partial charge >= 0.3 is 0 Å². The molecule has 0 aromatic carbocycles. The molecule has 9 nitrogen and oxygen atoms in total. The Morgan fingerprint density at radius 2 is 1.45 bits per heavy atom. The van der Waals surface area contributed by atoms with Crippen LogP contribution in [-0.2, 0) is 49.1 Å². The number of rotatable bonds is 20. The second-order valence-corrected chi connectivity index (χ2v) is 17.8. The molecule has 0 radical (unpaired) electrons. The Labute approximate surface area is 329 Å². The molecule has 298 valence electrons. The number of aryl methyl sites for hydroxylation is 1. The van der Waals surface area contributed by atoms with Crippen LogP contribution in [0.1, 0.15) is 120 Å². The molecule has 5 fully saturated rings. The fourth-order valence-electron chi connectivity index (χ4n) is 8.12.